The van der Waals surface area contributed by atoms with Crippen LogP contribution in [0.15, 0.2) is 12.3 Å². The number of hydrogen-bond donors (Lipinski definition) is 1. The van der Waals surface area contributed by atoms with Gasteiger partial charge in [0.05, 0.1) is 5.69 Å². The third-order valence-corrected chi connectivity index (χ3v) is 4.20. The van der Waals surface area contributed by atoms with Crippen molar-refractivity contribution in [3.05, 3.63) is 29.3 Å². The van der Waals surface area contributed by atoms with Gasteiger partial charge >= 0.3 is 0 Å². The number of aromatic nitrogens is 3. The molecule has 3 rings (SSSR count). The van der Waals surface area contributed by atoms with Gasteiger partial charge in [-0.1, -0.05) is 6.42 Å². The molecule has 1 atom stereocenters. The maximum absolute atomic E-state index is 5.89. The molecule has 1 unspecified atom stereocenters. The number of rotatable bonds is 3. The summed E-state index contributed by atoms with van der Waals surface area (Å²) in [6.45, 7) is 6.85. The van der Waals surface area contributed by atoms with Gasteiger partial charge in [0.2, 0.25) is 5.78 Å². The van der Waals surface area contributed by atoms with Crippen LogP contribution in [0.4, 0.5) is 0 Å². The minimum atomic E-state index is 0.504. The molecule has 108 valence electrons. The molecule has 1 aliphatic heterocycles. The minimum absolute atomic E-state index is 0.504. The Hall–Kier alpha value is -1.46. The highest BCUT2D eigenvalue weighted by Crippen LogP contribution is 2.19. The Bertz CT molecular complexity index is 604. The van der Waals surface area contributed by atoms with E-state index >= 15 is 0 Å². The zero-order chi connectivity index (χ0) is 14.1. The maximum atomic E-state index is 5.89. The molecule has 2 N–H and O–H groups in total. The third-order valence-electron chi connectivity index (χ3n) is 4.20. The number of hydrogen-bond acceptors (Lipinski definition) is 4. The van der Waals surface area contributed by atoms with Crippen LogP contribution in [-0.2, 0) is 6.54 Å². The summed E-state index contributed by atoms with van der Waals surface area (Å²) in [6, 6.07) is 2.59. The Labute approximate surface area is 119 Å². The van der Waals surface area contributed by atoms with Crippen LogP contribution in [0.1, 0.15) is 36.3 Å². The molecule has 2 aromatic rings. The highest BCUT2D eigenvalue weighted by atomic mass is 15.2. The van der Waals surface area contributed by atoms with Crippen molar-refractivity contribution in [2.45, 2.75) is 45.7 Å². The van der Waals surface area contributed by atoms with E-state index < -0.39 is 0 Å². The lowest BCUT2D eigenvalue weighted by Gasteiger charge is -2.34. The van der Waals surface area contributed by atoms with Crippen LogP contribution in [0.5, 0.6) is 0 Å². The summed E-state index contributed by atoms with van der Waals surface area (Å²) in [5, 5.41) is 0. The quantitative estimate of drug-likeness (QED) is 0.924. The van der Waals surface area contributed by atoms with Crippen molar-refractivity contribution in [3.8, 4) is 0 Å². The van der Waals surface area contributed by atoms with Crippen LogP contribution in [0, 0.1) is 13.8 Å². The highest BCUT2D eigenvalue weighted by Gasteiger charge is 2.22. The van der Waals surface area contributed by atoms with Gasteiger partial charge in [-0.15, -0.1) is 0 Å². The monoisotopic (exact) mass is 273 g/mol. The van der Waals surface area contributed by atoms with E-state index in [-0.39, 0.29) is 0 Å². The van der Waals surface area contributed by atoms with Gasteiger partial charge < -0.3 is 5.73 Å². The van der Waals surface area contributed by atoms with Gasteiger partial charge in [0.25, 0.3) is 0 Å². The maximum Gasteiger partial charge on any atom is 0.234 e. The number of nitrogens with zero attached hydrogens (tertiary/aromatic N) is 4. The van der Waals surface area contributed by atoms with E-state index in [2.05, 4.69) is 38.5 Å². The van der Waals surface area contributed by atoms with E-state index in [1.54, 1.807) is 0 Å². The first-order valence-electron chi connectivity index (χ1n) is 7.43. The zero-order valence-corrected chi connectivity index (χ0v) is 12.3. The first kappa shape index (κ1) is 13.5. The second-order valence-electron chi connectivity index (χ2n) is 5.80. The van der Waals surface area contributed by atoms with E-state index in [4.69, 9.17) is 5.73 Å². The molecule has 1 fully saturated rings. The lowest BCUT2D eigenvalue weighted by molar-refractivity contribution is 0.143. The van der Waals surface area contributed by atoms with Gasteiger partial charge in [-0.25, -0.2) is 9.97 Å². The van der Waals surface area contributed by atoms with E-state index in [0.717, 1.165) is 36.8 Å². The number of piperidine rings is 1. The molecule has 1 saturated heterocycles. The second-order valence-corrected chi connectivity index (χ2v) is 5.80. The zero-order valence-electron chi connectivity index (χ0n) is 12.3. The summed E-state index contributed by atoms with van der Waals surface area (Å²) in [7, 11) is 0. The van der Waals surface area contributed by atoms with Gasteiger partial charge in [-0.3, -0.25) is 9.30 Å². The molecule has 5 nitrogen and oxygen atoms in total. The molecule has 0 bridgehead atoms. The Morgan fingerprint density at radius 3 is 2.95 bits per heavy atom. The fraction of sp³-hybridized carbons (Fsp3) is 0.600. The summed E-state index contributed by atoms with van der Waals surface area (Å²) >= 11 is 0. The first-order valence-corrected chi connectivity index (χ1v) is 7.43. The van der Waals surface area contributed by atoms with Crippen LogP contribution in [0.25, 0.3) is 5.78 Å². The molecule has 2 aromatic heterocycles. The molecule has 0 saturated carbocycles. The van der Waals surface area contributed by atoms with Gasteiger partial charge in [0.15, 0.2) is 0 Å². The Morgan fingerprint density at radius 1 is 1.30 bits per heavy atom. The molecular formula is C15H23N5. The largest absolute Gasteiger partial charge is 0.329 e. The van der Waals surface area contributed by atoms with Crippen molar-refractivity contribution in [2.75, 3.05) is 13.1 Å². The van der Waals surface area contributed by atoms with Crippen molar-refractivity contribution in [1.82, 2.24) is 19.3 Å². The summed E-state index contributed by atoms with van der Waals surface area (Å²) in [4.78, 5) is 11.6. The fourth-order valence-electron chi connectivity index (χ4n) is 3.14. The van der Waals surface area contributed by atoms with E-state index in [9.17, 15) is 0 Å². The normalized spacial score (nSPS) is 20.6. The van der Waals surface area contributed by atoms with Gasteiger partial charge in [-0.05, 0) is 39.3 Å². The summed E-state index contributed by atoms with van der Waals surface area (Å²) < 4.78 is 2.07. The average Bonchev–Trinajstić information content (AvgIpc) is 2.82. The van der Waals surface area contributed by atoms with E-state index in [1.165, 1.54) is 25.0 Å². The minimum Gasteiger partial charge on any atom is -0.329 e. The second kappa shape index (κ2) is 5.50. The number of likely N-dealkylation sites (tertiary alicyclic amines) is 1. The van der Waals surface area contributed by atoms with Crippen LogP contribution >= 0.6 is 0 Å². The van der Waals surface area contributed by atoms with Crippen LogP contribution in [0.3, 0.4) is 0 Å². The molecule has 3 heterocycles. The van der Waals surface area contributed by atoms with E-state index in [1.807, 2.05) is 6.92 Å². The number of nitrogens with two attached hydrogens (primary N) is 1. The molecule has 0 radical (unpaired) electrons. The number of aryl methyl sites for hydroxylation is 2. The molecular weight excluding hydrogens is 250 g/mol. The average molecular weight is 273 g/mol. The van der Waals surface area contributed by atoms with E-state index in [0.29, 0.717) is 6.04 Å². The predicted molar refractivity (Wildman–Crippen MR) is 79.6 cm³/mol. The Balaban J connectivity index is 1.85. The molecule has 5 heteroatoms. The van der Waals surface area contributed by atoms with Crippen molar-refractivity contribution in [2.24, 2.45) is 5.73 Å². The molecule has 1 aliphatic rings. The smallest absolute Gasteiger partial charge is 0.234 e. The van der Waals surface area contributed by atoms with Crippen LogP contribution in [-0.4, -0.2) is 38.4 Å². The van der Waals surface area contributed by atoms with Gasteiger partial charge in [0, 0.05) is 36.7 Å². The Kier molecular flexibility index (Phi) is 3.72. The van der Waals surface area contributed by atoms with Gasteiger partial charge in [0.1, 0.15) is 0 Å². The van der Waals surface area contributed by atoms with Crippen LogP contribution < -0.4 is 5.73 Å². The van der Waals surface area contributed by atoms with Crippen molar-refractivity contribution >= 4 is 5.78 Å². The SMILES string of the molecule is Cc1cc(C)n2cc(CN3CCCCC3CN)nc2n1. The van der Waals surface area contributed by atoms with Crippen LogP contribution in [0.2, 0.25) is 0 Å². The molecule has 0 aliphatic carbocycles. The number of imidazole rings is 1. The number of fused-ring (bicyclic) bond motifs is 1. The molecule has 0 amide bonds. The topological polar surface area (TPSA) is 59.5 Å². The predicted octanol–water partition coefficient (Wildman–Crippen LogP) is 1.66. The summed E-state index contributed by atoms with van der Waals surface area (Å²) in [6.07, 6.45) is 5.88. The Morgan fingerprint density at radius 2 is 2.15 bits per heavy atom. The lowest BCUT2D eigenvalue weighted by atomic mass is 10.0. The van der Waals surface area contributed by atoms with Crippen molar-refractivity contribution < 1.29 is 0 Å². The molecule has 20 heavy (non-hydrogen) atoms. The first-order chi connectivity index (χ1) is 9.67. The molecule has 0 spiro atoms. The third kappa shape index (κ3) is 2.55. The summed E-state index contributed by atoms with van der Waals surface area (Å²) in [5.74, 6) is 0.804. The lowest BCUT2D eigenvalue weighted by Crippen LogP contribution is -2.43. The summed E-state index contributed by atoms with van der Waals surface area (Å²) in [5.41, 5.74) is 9.18. The highest BCUT2D eigenvalue weighted by molar-refractivity contribution is 5.34. The fourth-order valence-corrected chi connectivity index (χ4v) is 3.14. The molecule has 0 aromatic carbocycles. The van der Waals surface area contributed by atoms with Crippen molar-refractivity contribution in [1.29, 1.82) is 0 Å². The van der Waals surface area contributed by atoms with Crippen molar-refractivity contribution in [3.63, 3.8) is 0 Å². The van der Waals surface area contributed by atoms with Gasteiger partial charge in [-0.2, -0.15) is 0 Å². The standard InChI is InChI=1S/C15H23N5/c1-11-7-12(2)20-10-13(18-15(20)17-11)9-19-6-4-3-5-14(19)8-16/h7,10,14H,3-6,8-9,16H2,1-2H3.